The van der Waals surface area contributed by atoms with Gasteiger partial charge in [0.25, 0.3) is 5.89 Å². The van der Waals surface area contributed by atoms with Crippen LogP contribution in [0.1, 0.15) is 0 Å². The zero-order chi connectivity index (χ0) is 20.9. The molecule has 0 aliphatic heterocycles. The first-order valence-electron chi connectivity index (χ1n) is 8.82. The van der Waals surface area contributed by atoms with Gasteiger partial charge in [0.1, 0.15) is 5.82 Å². The number of nitrogens with one attached hydrogen (secondary N) is 1. The number of anilines is 1. The molecule has 0 bridgehead atoms. The fourth-order valence-corrected chi connectivity index (χ4v) is 3.41. The van der Waals surface area contributed by atoms with Crippen molar-refractivity contribution < 1.29 is 13.7 Å². The molecule has 2 aromatic carbocycles. The van der Waals surface area contributed by atoms with Crippen LogP contribution in [0.5, 0.6) is 0 Å². The van der Waals surface area contributed by atoms with E-state index in [4.69, 9.17) is 16.1 Å². The smallest absolute Gasteiger partial charge is 0.259 e. The molecule has 1 amide bonds. The van der Waals surface area contributed by atoms with Crippen LogP contribution in [-0.2, 0) is 4.79 Å². The summed E-state index contributed by atoms with van der Waals surface area (Å²) in [5.74, 6) is 0.248. The van der Waals surface area contributed by atoms with Crippen molar-refractivity contribution in [2.24, 2.45) is 0 Å². The summed E-state index contributed by atoms with van der Waals surface area (Å²) in [6.45, 7) is 0. The predicted octanol–water partition coefficient (Wildman–Crippen LogP) is 5.32. The number of carbonyl (C=O) groups excluding carboxylic acids is 1. The van der Waals surface area contributed by atoms with E-state index in [9.17, 15) is 9.18 Å². The van der Waals surface area contributed by atoms with Crippen LogP contribution in [0, 0.1) is 5.82 Å². The highest BCUT2D eigenvalue weighted by Gasteiger charge is 2.12. The molecular formula is C21H14ClFN4O2S. The number of amides is 1. The Bertz CT molecular complexity index is 1170. The van der Waals surface area contributed by atoms with E-state index >= 15 is 0 Å². The van der Waals surface area contributed by atoms with Gasteiger partial charge in [-0.05, 0) is 30.3 Å². The molecule has 4 aromatic rings. The zero-order valence-corrected chi connectivity index (χ0v) is 17.0. The van der Waals surface area contributed by atoms with Gasteiger partial charge in [0, 0.05) is 11.8 Å². The van der Waals surface area contributed by atoms with Gasteiger partial charge in [0.05, 0.1) is 27.1 Å². The minimum atomic E-state index is -0.464. The second-order valence-electron chi connectivity index (χ2n) is 6.14. The van der Waals surface area contributed by atoms with Crippen molar-refractivity contribution in [2.75, 3.05) is 11.1 Å². The largest absolute Gasteiger partial charge is 0.334 e. The topological polar surface area (TPSA) is 80.9 Å². The van der Waals surface area contributed by atoms with Gasteiger partial charge in [-0.15, -0.1) is 0 Å². The van der Waals surface area contributed by atoms with E-state index in [1.165, 1.54) is 23.9 Å². The molecule has 0 fully saturated rings. The molecule has 0 saturated carbocycles. The minimum absolute atomic E-state index is 0.124. The van der Waals surface area contributed by atoms with Gasteiger partial charge in [-0.25, -0.2) is 9.37 Å². The SMILES string of the molecule is O=C(CSc1ccc(-c2nc(-c3ccccc3)no2)cn1)Nc1ccc(F)cc1Cl. The Morgan fingerprint density at radius 1 is 1.10 bits per heavy atom. The Morgan fingerprint density at radius 2 is 1.93 bits per heavy atom. The van der Waals surface area contributed by atoms with Gasteiger partial charge >= 0.3 is 0 Å². The molecule has 0 aliphatic carbocycles. The number of nitrogens with zero attached hydrogens (tertiary/aromatic N) is 3. The molecule has 4 rings (SSSR count). The summed E-state index contributed by atoms with van der Waals surface area (Å²) >= 11 is 7.17. The first kappa shape index (κ1) is 20.1. The van der Waals surface area contributed by atoms with E-state index in [1.54, 1.807) is 18.3 Å². The standard InChI is InChI=1S/C21H14ClFN4O2S/c22-16-10-15(23)7-8-17(16)25-18(28)12-30-19-9-6-14(11-24-19)21-26-20(27-29-21)13-4-2-1-3-5-13/h1-11H,12H2,(H,25,28). The Balaban J connectivity index is 1.36. The lowest BCUT2D eigenvalue weighted by molar-refractivity contribution is -0.113. The van der Waals surface area contributed by atoms with Crippen molar-refractivity contribution in [1.82, 2.24) is 15.1 Å². The normalized spacial score (nSPS) is 10.7. The maximum Gasteiger partial charge on any atom is 0.259 e. The molecule has 150 valence electrons. The lowest BCUT2D eigenvalue weighted by Gasteiger charge is -2.07. The number of aromatic nitrogens is 3. The van der Waals surface area contributed by atoms with Crippen LogP contribution in [0.15, 0.2) is 76.4 Å². The van der Waals surface area contributed by atoms with Crippen LogP contribution in [0.25, 0.3) is 22.8 Å². The second-order valence-corrected chi connectivity index (χ2v) is 7.54. The van der Waals surface area contributed by atoms with Crippen LogP contribution in [-0.4, -0.2) is 26.8 Å². The van der Waals surface area contributed by atoms with Crippen LogP contribution >= 0.6 is 23.4 Å². The number of halogens is 2. The third kappa shape index (κ3) is 4.84. The summed E-state index contributed by atoms with van der Waals surface area (Å²) in [5.41, 5.74) is 1.90. The summed E-state index contributed by atoms with van der Waals surface area (Å²) in [6.07, 6.45) is 1.61. The number of carbonyl (C=O) groups is 1. The minimum Gasteiger partial charge on any atom is -0.334 e. The number of thioether (sulfide) groups is 1. The van der Waals surface area contributed by atoms with Crippen LogP contribution in [0.4, 0.5) is 10.1 Å². The van der Waals surface area contributed by atoms with E-state index in [0.717, 1.165) is 11.6 Å². The van der Waals surface area contributed by atoms with E-state index in [-0.39, 0.29) is 16.7 Å². The van der Waals surface area contributed by atoms with Gasteiger partial charge < -0.3 is 9.84 Å². The predicted molar refractivity (Wildman–Crippen MR) is 114 cm³/mol. The second kappa shape index (κ2) is 9.06. The van der Waals surface area contributed by atoms with Crippen molar-refractivity contribution in [3.8, 4) is 22.8 Å². The third-order valence-corrected chi connectivity index (χ3v) is 5.25. The lowest BCUT2D eigenvalue weighted by atomic mass is 10.2. The van der Waals surface area contributed by atoms with Crippen LogP contribution in [0.3, 0.4) is 0 Å². The number of benzene rings is 2. The number of hydrogen-bond acceptors (Lipinski definition) is 6. The molecule has 2 heterocycles. The maximum absolute atomic E-state index is 13.1. The maximum atomic E-state index is 13.1. The molecule has 0 saturated heterocycles. The number of rotatable bonds is 6. The number of hydrogen-bond donors (Lipinski definition) is 1. The summed E-state index contributed by atoms with van der Waals surface area (Å²) in [4.78, 5) is 20.8. The van der Waals surface area contributed by atoms with Crippen molar-refractivity contribution in [3.63, 3.8) is 0 Å². The van der Waals surface area contributed by atoms with Gasteiger partial charge in [-0.1, -0.05) is 58.9 Å². The quantitative estimate of drug-likeness (QED) is 0.408. The van der Waals surface area contributed by atoms with Crippen molar-refractivity contribution in [3.05, 3.63) is 77.7 Å². The summed E-state index contributed by atoms with van der Waals surface area (Å²) < 4.78 is 18.4. The first-order chi connectivity index (χ1) is 14.6. The van der Waals surface area contributed by atoms with E-state index < -0.39 is 5.82 Å². The summed E-state index contributed by atoms with van der Waals surface area (Å²) in [5, 5.41) is 7.43. The van der Waals surface area contributed by atoms with Crippen molar-refractivity contribution in [1.29, 1.82) is 0 Å². The van der Waals surface area contributed by atoms with Gasteiger partial charge in [0.15, 0.2) is 0 Å². The molecule has 0 unspecified atom stereocenters. The molecule has 9 heteroatoms. The molecule has 2 aromatic heterocycles. The highest BCUT2D eigenvalue weighted by Crippen LogP contribution is 2.25. The average Bonchev–Trinajstić information content (AvgIpc) is 3.26. The van der Waals surface area contributed by atoms with Gasteiger partial charge in [0.2, 0.25) is 11.7 Å². The van der Waals surface area contributed by atoms with Gasteiger partial charge in [-0.3, -0.25) is 4.79 Å². The van der Waals surface area contributed by atoms with E-state index in [1.807, 2.05) is 30.3 Å². The molecular weight excluding hydrogens is 427 g/mol. The molecule has 1 N–H and O–H groups in total. The Labute approximate surface area is 180 Å². The first-order valence-corrected chi connectivity index (χ1v) is 10.2. The lowest BCUT2D eigenvalue weighted by Crippen LogP contribution is -2.14. The van der Waals surface area contributed by atoms with Crippen LogP contribution < -0.4 is 5.32 Å². The van der Waals surface area contributed by atoms with E-state index in [2.05, 4.69) is 20.4 Å². The average molecular weight is 441 g/mol. The zero-order valence-electron chi connectivity index (χ0n) is 15.4. The molecule has 6 nitrogen and oxygen atoms in total. The summed E-state index contributed by atoms with van der Waals surface area (Å²) in [7, 11) is 0. The third-order valence-electron chi connectivity index (χ3n) is 4.00. The molecule has 0 aliphatic rings. The molecule has 0 spiro atoms. The Morgan fingerprint density at radius 3 is 2.67 bits per heavy atom. The fourth-order valence-electron chi connectivity index (χ4n) is 2.55. The van der Waals surface area contributed by atoms with E-state index in [0.29, 0.717) is 28.0 Å². The number of pyridine rings is 1. The molecule has 0 atom stereocenters. The monoisotopic (exact) mass is 440 g/mol. The van der Waals surface area contributed by atoms with Gasteiger partial charge in [-0.2, -0.15) is 4.98 Å². The highest BCUT2D eigenvalue weighted by molar-refractivity contribution is 7.99. The van der Waals surface area contributed by atoms with Crippen molar-refractivity contribution >= 4 is 35.0 Å². The Hall–Kier alpha value is -3.23. The van der Waals surface area contributed by atoms with Crippen molar-refractivity contribution in [2.45, 2.75) is 5.03 Å². The Kier molecular flexibility index (Phi) is 6.06. The molecule has 30 heavy (non-hydrogen) atoms. The summed E-state index contributed by atoms with van der Waals surface area (Å²) in [6, 6.07) is 16.9. The van der Waals surface area contributed by atoms with Crippen LogP contribution in [0.2, 0.25) is 5.02 Å². The highest BCUT2D eigenvalue weighted by atomic mass is 35.5. The molecule has 0 radical (unpaired) electrons. The fraction of sp³-hybridized carbons (Fsp3) is 0.0476.